The van der Waals surface area contributed by atoms with Crippen LogP contribution in [0, 0.1) is 5.92 Å². The van der Waals surface area contributed by atoms with E-state index in [-0.39, 0.29) is 18.4 Å². The van der Waals surface area contributed by atoms with Crippen LogP contribution in [0.5, 0.6) is 0 Å². The van der Waals surface area contributed by atoms with E-state index in [0.717, 1.165) is 6.42 Å². The lowest BCUT2D eigenvalue weighted by atomic mass is 9.98. The molecule has 3 N–H and O–H groups in total. The number of carboxylic acid groups (broad SMARTS) is 1. The summed E-state index contributed by atoms with van der Waals surface area (Å²) in [6, 6.07) is -1.45. The van der Waals surface area contributed by atoms with Gasteiger partial charge in [0.05, 0.1) is 18.2 Å². The molecule has 0 aromatic rings. The molecule has 0 unspecified atom stereocenters. The number of amides is 1. The van der Waals surface area contributed by atoms with Crippen LogP contribution in [0.3, 0.4) is 0 Å². The molecule has 0 aromatic carbocycles. The second kappa shape index (κ2) is 8.21. The number of nitrogens with one attached hydrogen (secondary N) is 2. The summed E-state index contributed by atoms with van der Waals surface area (Å²) >= 11 is 0. The Morgan fingerprint density at radius 2 is 1.85 bits per heavy atom. The molecular weight excluding hydrogens is 260 g/mol. The number of carbonyl (C=O) groups excluding carboxylic acids is 1. The van der Waals surface area contributed by atoms with Crippen LogP contribution in [0.1, 0.15) is 41.0 Å². The number of likely N-dealkylation sites (N-methyl/N-ethyl adjacent to an activating group) is 1. The van der Waals surface area contributed by atoms with Crippen molar-refractivity contribution in [3.63, 3.8) is 0 Å². The average molecular weight is 288 g/mol. The number of rotatable bonds is 8. The maximum atomic E-state index is 12.1. The van der Waals surface area contributed by atoms with Crippen LogP contribution >= 0.6 is 0 Å². The molecule has 118 valence electrons. The van der Waals surface area contributed by atoms with E-state index in [4.69, 9.17) is 9.84 Å². The molecule has 6 nitrogen and oxygen atoms in total. The molecule has 0 aliphatic carbocycles. The smallest absolute Gasteiger partial charge is 0.328 e. The number of carboxylic acids is 1. The first kappa shape index (κ1) is 18.9. The lowest BCUT2D eigenvalue weighted by Gasteiger charge is -2.26. The van der Waals surface area contributed by atoms with Crippen molar-refractivity contribution in [1.29, 1.82) is 0 Å². The highest BCUT2D eigenvalue weighted by Gasteiger charge is 2.28. The fourth-order valence-corrected chi connectivity index (χ4v) is 1.68. The Balaban J connectivity index is 4.66. The van der Waals surface area contributed by atoms with Crippen LogP contribution in [0.25, 0.3) is 0 Å². The lowest BCUT2D eigenvalue weighted by molar-refractivity contribution is -0.145. The number of carbonyl (C=O) groups is 2. The van der Waals surface area contributed by atoms with E-state index in [1.165, 1.54) is 0 Å². The topological polar surface area (TPSA) is 87.7 Å². The fourth-order valence-electron chi connectivity index (χ4n) is 1.68. The first-order valence-corrected chi connectivity index (χ1v) is 6.96. The van der Waals surface area contributed by atoms with Crippen LogP contribution in [-0.4, -0.2) is 48.3 Å². The molecule has 0 spiro atoms. The molecular formula is C14H28N2O4. The van der Waals surface area contributed by atoms with Gasteiger partial charge in [-0.3, -0.25) is 4.79 Å². The summed E-state index contributed by atoms with van der Waals surface area (Å²) in [5.41, 5.74) is -0.447. The van der Waals surface area contributed by atoms with E-state index in [9.17, 15) is 9.59 Å². The summed E-state index contributed by atoms with van der Waals surface area (Å²) in [6.07, 6.45) is 0.829. The Kier molecular flexibility index (Phi) is 7.75. The summed E-state index contributed by atoms with van der Waals surface area (Å²) in [4.78, 5) is 23.3. The summed E-state index contributed by atoms with van der Waals surface area (Å²) in [7, 11) is 1.69. The predicted octanol–water partition coefficient (Wildman–Crippen LogP) is 1.01. The Bertz CT molecular complexity index is 326. The van der Waals surface area contributed by atoms with Gasteiger partial charge in [-0.2, -0.15) is 0 Å². The van der Waals surface area contributed by atoms with Crippen molar-refractivity contribution in [1.82, 2.24) is 10.6 Å². The molecule has 0 heterocycles. The Morgan fingerprint density at radius 1 is 1.30 bits per heavy atom. The van der Waals surface area contributed by atoms with Gasteiger partial charge in [0, 0.05) is 0 Å². The summed E-state index contributed by atoms with van der Waals surface area (Å²) in [5.74, 6) is -1.29. The molecule has 0 bridgehead atoms. The second-order valence-electron chi connectivity index (χ2n) is 5.97. The highest BCUT2D eigenvalue weighted by molar-refractivity contribution is 5.87. The van der Waals surface area contributed by atoms with E-state index >= 15 is 0 Å². The van der Waals surface area contributed by atoms with Crippen LogP contribution < -0.4 is 10.6 Å². The third-order valence-corrected chi connectivity index (χ3v) is 3.10. The molecule has 0 radical (unpaired) electrons. The summed E-state index contributed by atoms with van der Waals surface area (Å²) in [6.45, 7) is 9.39. The van der Waals surface area contributed by atoms with Gasteiger partial charge in [0.1, 0.15) is 0 Å². The molecule has 6 heteroatoms. The standard InChI is InChI=1S/C14H28N2O4/c1-7-9(2)11(15-6)12(17)16-10(13(18)19)8-20-14(3,4)5/h9-11,15H,7-8H2,1-6H3,(H,16,17)(H,18,19)/t9-,10-,11-/m0/s1. The van der Waals surface area contributed by atoms with E-state index in [0.29, 0.717) is 0 Å². The van der Waals surface area contributed by atoms with E-state index < -0.39 is 23.7 Å². The fraction of sp³-hybridized carbons (Fsp3) is 0.857. The first-order chi connectivity index (χ1) is 9.12. The summed E-state index contributed by atoms with van der Waals surface area (Å²) < 4.78 is 5.44. The van der Waals surface area contributed by atoms with Crippen molar-refractivity contribution in [3.8, 4) is 0 Å². The van der Waals surface area contributed by atoms with Gasteiger partial charge in [0.25, 0.3) is 0 Å². The minimum Gasteiger partial charge on any atom is -0.480 e. The second-order valence-corrected chi connectivity index (χ2v) is 5.97. The maximum Gasteiger partial charge on any atom is 0.328 e. The highest BCUT2D eigenvalue weighted by atomic mass is 16.5. The van der Waals surface area contributed by atoms with Crippen molar-refractivity contribution in [2.75, 3.05) is 13.7 Å². The average Bonchev–Trinajstić information content (AvgIpc) is 2.33. The van der Waals surface area contributed by atoms with Gasteiger partial charge in [-0.1, -0.05) is 20.3 Å². The van der Waals surface area contributed by atoms with E-state index in [2.05, 4.69) is 10.6 Å². The number of aliphatic carboxylic acids is 1. The van der Waals surface area contributed by atoms with Gasteiger partial charge in [-0.05, 0) is 33.7 Å². The van der Waals surface area contributed by atoms with Gasteiger partial charge < -0.3 is 20.5 Å². The molecule has 3 atom stereocenters. The van der Waals surface area contributed by atoms with E-state index in [1.807, 2.05) is 34.6 Å². The van der Waals surface area contributed by atoms with Gasteiger partial charge in [0.15, 0.2) is 6.04 Å². The van der Waals surface area contributed by atoms with Crippen molar-refractivity contribution in [2.45, 2.75) is 58.7 Å². The van der Waals surface area contributed by atoms with Gasteiger partial charge in [-0.15, -0.1) is 0 Å². The summed E-state index contributed by atoms with van der Waals surface area (Å²) in [5, 5.41) is 14.6. The van der Waals surface area contributed by atoms with Crippen LogP contribution in [0.15, 0.2) is 0 Å². The molecule has 0 aliphatic rings. The highest BCUT2D eigenvalue weighted by Crippen LogP contribution is 2.09. The maximum absolute atomic E-state index is 12.1. The first-order valence-electron chi connectivity index (χ1n) is 6.96. The Hall–Kier alpha value is -1.14. The Labute approximate surface area is 121 Å². The lowest BCUT2D eigenvalue weighted by Crippen LogP contribution is -2.53. The quantitative estimate of drug-likeness (QED) is 0.620. The Morgan fingerprint density at radius 3 is 2.20 bits per heavy atom. The van der Waals surface area contributed by atoms with Gasteiger partial charge in [-0.25, -0.2) is 4.79 Å². The number of ether oxygens (including phenoxy) is 1. The monoisotopic (exact) mass is 288 g/mol. The van der Waals surface area contributed by atoms with Crippen molar-refractivity contribution in [2.24, 2.45) is 5.92 Å². The zero-order valence-corrected chi connectivity index (χ0v) is 13.3. The SMILES string of the molecule is CC[C@H](C)[C@H](NC)C(=O)N[C@@H](COC(C)(C)C)C(=O)O. The molecule has 0 saturated heterocycles. The van der Waals surface area contributed by atoms with Gasteiger partial charge >= 0.3 is 5.97 Å². The molecule has 0 saturated carbocycles. The molecule has 0 fully saturated rings. The van der Waals surface area contributed by atoms with Crippen LogP contribution in [-0.2, 0) is 14.3 Å². The van der Waals surface area contributed by atoms with Gasteiger partial charge in [0.2, 0.25) is 5.91 Å². The normalized spacial score (nSPS) is 16.3. The third-order valence-electron chi connectivity index (χ3n) is 3.10. The van der Waals surface area contributed by atoms with Crippen LogP contribution in [0.4, 0.5) is 0 Å². The largest absolute Gasteiger partial charge is 0.480 e. The minimum absolute atomic E-state index is 0.0541. The zero-order chi connectivity index (χ0) is 15.9. The molecule has 20 heavy (non-hydrogen) atoms. The van der Waals surface area contributed by atoms with Crippen molar-refractivity contribution < 1.29 is 19.4 Å². The molecule has 0 aromatic heterocycles. The number of hydrogen-bond acceptors (Lipinski definition) is 4. The van der Waals surface area contributed by atoms with Crippen molar-refractivity contribution >= 4 is 11.9 Å². The predicted molar refractivity (Wildman–Crippen MR) is 77.6 cm³/mol. The van der Waals surface area contributed by atoms with E-state index in [1.54, 1.807) is 7.05 Å². The zero-order valence-electron chi connectivity index (χ0n) is 13.3. The molecule has 0 rings (SSSR count). The van der Waals surface area contributed by atoms with Crippen LogP contribution in [0.2, 0.25) is 0 Å². The van der Waals surface area contributed by atoms with Crippen molar-refractivity contribution in [3.05, 3.63) is 0 Å². The molecule has 0 aliphatic heterocycles. The minimum atomic E-state index is -1.10. The number of hydrogen-bond donors (Lipinski definition) is 3. The third kappa shape index (κ3) is 6.86. The molecule has 1 amide bonds.